The molecule has 7 nitrogen and oxygen atoms in total. The molecule has 3 rings (SSSR count). The Morgan fingerprint density at radius 1 is 1.22 bits per heavy atom. The maximum Gasteiger partial charge on any atom is 0.253 e. The van der Waals surface area contributed by atoms with Crippen molar-refractivity contribution in [1.82, 2.24) is 14.5 Å². The largest absolute Gasteiger partial charge is 0.373 e. The van der Waals surface area contributed by atoms with Crippen LogP contribution < -0.4 is 5.32 Å². The van der Waals surface area contributed by atoms with E-state index in [2.05, 4.69) is 5.32 Å². The van der Waals surface area contributed by atoms with E-state index in [4.69, 9.17) is 4.74 Å². The lowest BCUT2D eigenvalue weighted by molar-refractivity contribution is -0.0440. The number of nitrogens with zero attached hydrogens (tertiary/aromatic N) is 2. The number of morpholine rings is 1. The van der Waals surface area contributed by atoms with Gasteiger partial charge in [0.2, 0.25) is 10.0 Å². The summed E-state index contributed by atoms with van der Waals surface area (Å²) in [5.41, 5.74) is 0.426. The molecular weight excluding hydrogens is 366 g/mol. The van der Waals surface area contributed by atoms with Crippen molar-refractivity contribution in [2.24, 2.45) is 5.92 Å². The van der Waals surface area contributed by atoms with Gasteiger partial charge in [-0.05, 0) is 58.0 Å². The smallest absolute Gasteiger partial charge is 0.253 e. The zero-order chi connectivity index (χ0) is 19.6. The first-order valence-corrected chi connectivity index (χ1v) is 10.9. The lowest BCUT2D eigenvalue weighted by atomic mass is 10.1. The minimum absolute atomic E-state index is 0.102. The third kappa shape index (κ3) is 4.51. The van der Waals surface area contributed by atoms with Crippen LogP contribution in [-0.2, 0) is 14.8 Å². The summed E-state index contributed by atoms with van der Waals surface area (Å²) < 4.78 is 33.2. The van der Waals surface area contributed by atoms with Gasteiger partial charge in [0, 0.05) is 31.7 Å². The molecule has 8 heteroatoms. The van der Waals surface area contributed by atoms with Gasteiger partial charge < -0.3 is 15.0 Å². The number of carbonyl (C=O) groups excluding carboxylic acids is 1. The molecule has 2 heterocycles. The fraction of sp³-hybridized carbons (Fsp3) is 0.632. The molecule has 2 aliphatic rings. The number of likely N-dealkylation sites (tertiary alicyclic amines) is 1. The Bertz CT molecular complexity index is 773. The predicted molar refractivity (Wildman–Crippen MR) is 103 cm³/mol. The summed E-state index contributed by atoms with van der Waals surface area (Å²) in [6.07, 6.45) is 0.665. The molecule has 0 spiro atoms. The molecule has 0 radical (unpaired) electrons. The Balaban J connectivity index is 1.78. The van der Waals surface area contributed by atoms with Crippen LogP contribution in [0, 0.1) is 5.92 Å². The third-order valence-electron chi connectivity index (χ3n) is 5.17. The van der Waals surface area contributed by atoms with E-state index in [1.54, 1.807) is 18.2 Å². The van der Waals surface area contributed by atoms with Gasteiger partial charge in [-0.25, -0.2) is 8.42 Å². The van der Waals surface area contributed by atoms with Crippen LogP contribution in [0.25, 0.3) is 0 Å². The molecular formula is C19H29N3O4S. The summed E-state index contributed by atoms with van der Waals surface area (Å²) >= 11 is 0. The lowest BCUT2D eigenvalue weighted by Crippen LogP contribution is -2.48. The highest BCUT2D eigenvalue weighted by Crippen LogP contribution is 2.24. The quantitative estimate of drug-likeness (QED) is 0.810. The van der Waals surface area contributed by atoms with E-state index in [1.165, 1.54) is 10.4 Å². The maximum atomic E-state index is 13.0. The fourth-order valence-electron chi connectivity index (χ4n) is 3.92. The minimum Gasteiger partial charge on any atom is -0.373 e. The van der Waals surface area contributed by atoms with Crippen LogP contribution in [0.4, 0.5) is 0 Å². The number of ether oxygens (including phenoxy) is 1. The van der Waals surface area contributed by atoms with E-state index in [-0.39, 0.29) is 23.0 Å². The second-order valence-electron chi connectivity index (χ2n) is 7.57. The molecule has 3 atom stereocenters. The highest BCUT2D eigenvalue weighted by atomic mass is 32.2. The number of carbonyl (C=O) groups is 1. The van der Waals surface area contributed by atoms with Crippen LogP contribution >= 0.6 is 0 Å². The van der Waals surface area contributed by atoms with Crippen molar-refractivity contribution in [3.8, 4) is 0 Å². The van der Waals surface area contributed by atoms with Crippen LogP contribution in [0.2, 0.25) is 0 Å². The Morgan fingerprint density at radius 2 is 1.93 bits per heavy atom. The van der Waals surface area contributed by atoms with Crippen molar-refractivity contribution in [3.63, 3.8) is 0 Å². The van der Waals surface area contributed by atoms with Crippen LogP contribution in [0.5, 0.6) is 0 Å². The molecule has 0 aromatic heterocycles. The van der Waals surface area contributed by atoms with Crippen LogP contribution in [0.1, 0.15) is 30.6 Å². The van der Waals surface area contributed by atoms with E-state index in [0.29, 0.717) is 37.7 Å². The summed E-state index contributed by atoms with van der Waals surface area (Å²) in [4.78, 5) is 14.8. The van der Waals surface area contributed by atoms with Crippen molar-refractivity contribution in [1.29, 1.82) is 0 Å². The average Bonchev–Trinajstić information content (AvgIpc) is 3.09. The number of hydrogen-bond acceptors (Lipinski definition) is 5. The molecule has 2 fully saturated rings. The van der Waals surface area contributed by atoms with E-state index in [9.17, 15) is 13.2 Å². The SMILES string of the molecule is CNCC1CCN(C(=O)c2cccc(S(=O)(=O)N3CC(C)OC(C)C3)c2)C1. The third-order valence-corrected chi connectivity index (χ3v) is 7.00. The van der Waals surface area contributed by atoms with Gasteiger partial charge in [-0.15, -0.1) is 0 Å². The average molecular weight is 396 g/mol. The van der Waals surface area contributed by atoms with Crippen LogP contribution in [0.15, 0.2) is 29.2 Å². The summed E-state index contributed by atoms with van der Waals surface area (Å²) in [5.74, 6) is 0.344. The van der Waals surface area contributed by atoms with Gasteiger partial charge in [0.1, 0.15) is 0 Å². The Morgan fingerprint density at radius 3 is 2.59 bits per heavy atom. The standard InChI is InChI=1S/C19H29N3O4S/c1-14-11-22(12-15(2)26-14)27(24,25)18-6-4-5-17(9-18)19(23)21-8-7-16(13-21)10-20-3/h4-6,9,14-16,20H,7-8,10-13H2,1-3H3. The van der Waals surface area contributed by atoms with Crippen LogP contribution in [0.3, 0.4) is 0 Å². The first-order chi connectivity index (χ1) is 12.8. The summed E-state index contributed by atoms with van der Waals surface area (Å²) in [6, 6.07) is 6.41. The molecule has 1 aromatic rings. The molecule has 27 heavy (non-hydrogen) atoms. The van der Waals surface area contributed by atoms with Crippen molar-refractivity contribution in [2.75, 3.05) is 39.8 Å². The van der Waals surface area contributed by atoms with E-state index in [1.807, 2.05) is 25.8 Å². The lowest BCUT2D eigenvalue weighted by Gasteiger charge is -2.34. The zero-order valence-corrected chi connectivity index (χ0v) is 17.0. The van der Waals surface area contributed by atoms with Gasteiger partial charge in [0.15, 0.2) is 0 Å². The molecule has 0 bridgehead atoms. The topological polar surface area (TPSA) is 79.0 Å². The number of sulfonamides is 1. The molecule has 1 N–H and O–H groups in total. The monoisotopic (exact) mass is 395 g/mol. The highest BCUT2D eigenvalue weighted by molar-refractivity contribution is 7.89. The molecule has 150 valence electrons. The number of rotatable bonds is 5. The van der Waals surface area contributed by atoms with Gasteiger partial charge >= 0.3 is 0 Å². The summed E-state index contributed by atoms with van der Waals surface area (Å²) in [7, 11) is -1.75. The van der Waals surface area contributed by atoms with Crippen molar-refractivity contribution in [2.45, 2.75) is 37.4 Å². The predicted octanol–water partition coefficient (Wildman–Crippen LogP) is 1.17. The van der Waals surface area contributed by atoms with Crippen molar-refractivity contribution >= 4 is 15.9 Å². The van der Waals surface area contributed by atoms with Gasteiger partial charge in [0.05, 0.1) is 17.1 Å². The van der Waals surface area contributed by atoms with Gasteiger partial charge in [-0.2, -0.15) is 4.31 Å². The van der Waals surface area contributed by atoms with Crippen molar-refractivity contribution < 1.29 is 17.9 Å². The second-order valence-corrected chi connectivity index (χ2v) is 9.51. The number of nitrogens with one attached hydrogen (secondary N) is 1. The fourth-order valence-corrected chi connectivity index (χ4v) is 5.56. The van der Waals surface area contributed by atoms with Gasteiger partial charge in [-0.3, -0.25) is 4.79 Å². The molecule has 1 amide bonds. The number of amides is 1. The number of hydrogen-bond donors (Lipinski definition) is 1. The Hall–Kier alpha value is -1.48. The Kier molecular flexibility index (Phi) is 6.20. The molecule has 0 saturated carbocycles. The van der Waals surface area contributed by atoms with Gasteiger partial charge in [0.25, 0.3) is 5.91 Å². The van der Waals surface area contributed by atoms with E-state index in [0.717, 1.165) is 13.0 Å². The first-order valence-electron chi connectivity index (χ1n) is 9.50. The maximum absolute atomic E-state index is 13.0. The van der Waals surface area contributed by atoms with Crippen molar-refractivity contribution in [3.05, 3.63) is 29.8 Å². The Labute approximate surface area is 161 Å². The summed E-state index contributed by atoms with van der Waals surface area (Å²) in [5, 5.41) is 3.15. The molecule has 3 unspecified atom stereocenters. The van der Waals surface area contributed by atoms with E-state index >= 15 is 0 Å². The normalized spacial score (nSPS) is 27.1. The summed E-state index contributed by atoms with van der Waals surface area (Å²) in [6.45, 7) is 6.67. The second kappa shape index (κ2) is 8.26. The van der Waals surface area contributed by atoms with Crippen LogP contribution in [-0.4, -0.2) is 75.5 Å². The van der Waals surface area contributed by atoms with Gasteiger partial charge in [-0.1, -0.05) is 6.07 Å². The highest BCUT2D eigenvalue weighted by Gasteiger charge is 2.33. The molecule has 0 aliphatic carbocycles. The molecule has 2 aliphatic heterocycles. The first kappa shape index (κ1) is 20.3. The van der Waals surface area contributed by atoms with E-state index < -0.39 is 10.0 Å². The molecule has 2 saturated heterocycles. The number of benzene rings is 1. The molecule has 1 aromatic carbocycles. The zero-order valence-electron chi connectivity index (χ0n) is 16.2. The minimum atomic E-state index is -3.65.